The summed E-state index contributed by atoms with van der Waals surface area (Å²) in [7, 11) is 5.90. The third kappa shape index (κ3) is 6.23. The van der Waals surface area contributed by atoms with Crippen molar-refractivity contribution in [2.75, 3.05) is 49.8 Å². The number of carbonyl (C=O) groups is 1. The summed E-state index contributed by atoms with van der Waals surface area (Å²) in [4.78, 5) is 26.5. The van der Waals surface area contributed by atoms with Gasteiger partial charge in [-0.15, -0.1) is 0 Å². The van der Waals surface area contributed by atoms with Gasteiger partial charge in [0.05, 0.1) is 7.11 Å². The number of aromatic nitrogens is 4. The zero-order valence-electron chi connectivity index (χ0n) is 20.8. The standard InChI is InChI=1S/C24H32N8O2S/c1-15-14-20(30-29-15)26-22-21(34-5)23(32-12-10-18(11-13-32)31(3)4)28-24(27-22)35-19-8-6-17(7-9-19)25-16(2)33/h6-9,14,18H,10-13H2,1-5H3,(H,25,33)(H2,26,27,28,29,30). The third-order valence-electron chi connectivity index (χ3n) is 5.86. The molecule has 0 unspecified atom stereocenters. The molecule has 1 aliphatic heterocycles. The zero-order chi connectivity index (χ0) is 24.9. The van der Waals surface area contributed by atoms with Crippen molar-refractivity contribution in [1.82, 2.24) is 25.1 Å². The molecule has 1 saturated heterocycles. The Hall–Kier alpha value is -3.31. The molecule has 0 radical (unpaired) electrons. The quantitative estimate of drug-likeness (QED) is 0.400. The van der Waals surface area contributed by atoms with Gasteiger partial charge in [-0.05, 0) is 69.9 Å². The van der Waals surface area contributed by atoms with Gasteiger partial charge in [0, 0.05) is 48.4 Å². The van der Waals surface area contributed by atoms with E-state index in [9.17, 15) is 4.79 Å². The molecule has 1 aliphatic rings. The molecule has 0 aliphatic carbocycles. The first-order valence-electron chi connectivity index (χ1n) is 11.5. The second-order valence-corrected chi connectivity index (χ2v) is 9.80. The predicted octanol–water partition coefficient (Wildman–Crippen LogP) is 3.90. The smallest absolute Gasteiger partial charge is 0.221 e. The van der Waals surface area contributed by atoms with Crippen LogP contribution in [0.15, 0.2) is 40.4 Å². The van der Waals surface area contributed by atoms with Crippen LogP contribution in [0.5, 0.6) is 5.75 Å². The Bertz CT molecular complexity index is 1160. The van der Waals surface area contributed by atoms with E-state index in [0.717, 1.165) is 48.0 Å². The lowest BCUT2D eigenvalue weighted by atomic mass is 10.0. The fraction of sp³-hybridized carbons (Fsp3) is 0.417. The maximum atomic E-state index is 11.3. The van der Waals surface area contributed by atoms with Crippen LogP contribution in [0, 0.1) is 6.92 Å². The van der Waals surface area contributed by atoms with Gasteiger partial charge < -0.3 is 25.2 Å². The van der Waals surface area contributed by atoms with Gasteiger partial charge in [-0.3, -0.25) is 9.89 Å². The molecule has 11 heteroatoms. The van der Waals surface area contributed by atoms with E-state index in [1.54, 1.807) is 7.11 Å². The number of piperidine rings is 1. The maximum absolute atomic E-state index is 11.3. The highest BCUT2D eigenvalue weighted by molar-refractivity contribution is 7.99. The van der Waals surface area contributed by atoms with Gasteiger partial charge in [0.1, 0.15) is 0 Å². The van der Waals surface area contributed by atoms with Crippen molar-refractivity contribution in [2.24, 2.45) is 0 Å². The Morgan fingerprint density at radius 2 is 1.91 bits per heavy atom. The van der Waals surface area contributed by atoms with Gasteiger partial charge in [-0.2, -0.15) is 5.10 Å². The molecule has 3 heterocycles. The van der Waals surface area contributed by atoms with Gasteiger partial charge >= 0.3 is 0 Å². The monoisotopic (exact) mass is 496 g/mol. The van der Waals surface area contributed by atoms with Crippen molar-refractivity contribution in [3.8, 4) is 5.75 Å². The van der Waals surface area contributed by atoms with Crippen LogP contribution in [0.3, 0.4) is 0 Å². The molecule has 0 spiro atoms. The van der Waals surface area contributed by atoms with Crippen LogP contribution in [-0.4, -0.2) is 71.3 Å². The number of nitrogens with one attached hydrogen (secondary N) is 3. The van der Waals surface area contributed by atoms with Gasteiger partial charge in [0.15, 0.2) is 22.6 Å². The molecule has 186 valence electrons. The fourth-order valence-corrected chi connectivity index (χ4v) is 4.82. The minimum absolute atomic E-state index is 0.101. The lowest BCUT2D eigenvalue weighted by molar-refractivity contribution is -0.114. The Balaban J connectivity index is 1.65. The van der Waals surface area contributed by atoms with Crippen LogP contribution in [0.1, 0.15) is 25.5 Å². The van der Waals surface area contributed by atoms with Gasteiger partial charge in [0.2, 0.25) is 11.7 Å². The predicted molar refractivity (Wildman–Crippen MR) is 139 cm³/mol. The van der Waals surface area contributed by atoms with Crippen molar-refractivity contribution in [3.05, 3.63) is 36.0 Å². The molecule has 2 aromatic heterocycles. The van der Waals surface area contributed by atoms with Gasteiger partial charge in [0.25, 0.3) is 0 Å². The number of ether oxygens (including phenoxy) is 1. The van der Waals surface area contributed by atoms with E-state index in [1.807, 2.05) is 37.3 Å². The molecular weight excluding hydrogens is 464 g/mol. The number of nitrogens with zero attached hydrogens (tertiary/aromatic N) is 5. The second kappa shape index (κ2) is 11.0. The number of hydrogen-bond acceptors (Lipinski definition) is 9. The lowest BCUT2D eigenvalue weighted by Crippen LogP contribution is -2.42. The minimum atomic E-state index is -0.101. The molecular formula is C24H32N8O2S. The first-order valence-corrected chi connectivity index (χ1v) is 12.4. The molecule has 10 nitrogen and oxygen atoms in total. The zero-order valence-corrected chi connectivity index (χ0v) is 21.6. The van der Waals surface area contributed by atoms with E-state index in [-0.39, 0.29) is 5.91 Å². The van der Waals surface area contributed by atoms with Crippen molar-refractivity contribution < 1.29 is 9.53 Å². The largest absolute Gasteiger partial charge is 0.490 e. The fourth-order valence-electron chi connectivity index (χ4n) is 4.06. The first-order chi connectivity index (χ1) is 16.8. The van der Waals surface area contributed by atoms with E-state index < -0.39 is 0 Å². The van der Waals surface area contributed by atoms with Crippen molar-refractivity contribution in [3.63, 3.8) is 0 Å². The number of benzene rings is 1. The van der Waals surface area contributed by atoms with Crippen molar-refractivity contribution >= 4 is 40.8 Å². The summed E-state index contributed by atoms with van der Waals surface area (Å²) in [6.07, 6.45) is 2.10. The molecule has 35 heavy (non-hydrogen) atoms. The number of amides is 1. The molecule has 0 bridgehead atoms. The Morgan fingerprint density at radius 3 is 2.49 bits per heavy atom. The van der Waals surface area contributed by atoms with Crippen LogP contribution < -0.4 is 20.3 Å². The molecule has 0 atom stereocenters. The van der Waals surface area contributed by atoms with Crippen LogP contribution in [-0.2, 0) is 4.79 Å². The summed E-state index contributed by atoms with van der Waals surface area (Å²) < 4.78 is 5.81. The number of aromatic amines is 1. The van der Waals surface area contributed by atoms with Crippen LogP contribution >= 0.6 is 11.8 Å². The third-order valence-corrected chi connectivity index (χ3v) is 6.73. The summed E-state index contributed by atoms with van der Waals surface area (Å²) in [6, 6.07) is 10.1. The van der Waals surface area contributed by atoms with E-state index in [0.29, 0.717) is 28.6 Å². The van der Waals surface area contributed by atoms with E-state index in [1.165, 1.54) is 18.7 Å². The molecule has 1 fully saturated rings. The van der Waals surface area contributed by atoms with Crippen LogP contribution in [0.2, 0.25) is 0 Å². The molecule has 3 N–H and O–H groups in total. The lowest BCUT2D eigenvalue weighted by Gasteiger charge is -2.36. The minimum Gasteiger partial charge on any atom is -0.490 e. The summed E-state index contributed by atoms with van der Waals surface area (Å²) >= 11 is 1.45. The highest BCUT2D eigenvalue weighted by Crippen LogP contribution is 2.39. The number of rotatable bonds is 8. The number of carbonyl (C=O) groups excluding carboxylic acids is 1. The number of hydrogen-bond donors (Lipinski definition) is 3. The summed E-state index contributed by atoms with van der Waals surface area (Å²) in [5.41, 5.74) is 1.69. The SMILES string of the molecule is COc1c(Nc2cc(C)[nH]n2)nc(Sc2ccc(NC(C)=O)cc2)nc1N1CCC(N(C)C)CC1. The molecule has 0 saturated carbocycles. The van der Waals surface area contributed by atoms with Crippen LogP contribution in [0.4, 0.5) is 23.1 Å². The highest BCUT2D eigenvalue weighted by Gasteiger charge is 2.27. The topological polar surface area (TPSA) is 111 Å². The molecule has 3 aromatic rings. The Morgan fingerprint density at radius 1 is 1.20 bits per heavy atom. The number of aryl methyl sites for hydroxylation is 1. The van der Waals surface area contributed by atoms with Crippen LogP contribution in [0.25, 0.3) is 0 Å². The molecule has 1 amide bonds. The number of anilines is 4. The number of H-pyrrole nitrogens is 1. The number of methoxy groups -OCH3 is 1. The average Bonchev–Trinajstić information content (AvgIpc) is 3.24. The van der Waals surface area contributed by atoms with Gasteiger partial charge in [-0.1, -0.05) is 0 Å². The van der Waals surface area contributed by atoms with Crippen molar-refractivity contribution in [2.45, 2.75) is 42.8 Å². The highest BCUT2D eigenvalue weighted by atomic mass is 32.2. The summed E-state index contributed by atoms with van der Waals surface area (Å²) in [5, 5.41) is 13.9. The maximum Gasteiger partial charge on any atom is 0.221 e. The Kier molecular flexibility index (Phi) is 7.76. The van der Waals surface area contributed by atoms with Crippen molar-refractivity contribution in [1.29, 1.82) is 0 Å². The normalized spacial score (nSPS) is 14.3. The van der Waals surface area contributed by atoms with Gasteiger partial charge in [-0.25, -0.2) is 9.97 Å². The average molecular weight is 497 g/mol. The summed E-state index contributed by atoms with van der Waals surface area (Å²) in [5.74, 6) is 2.49. The second-order valence-electron chi connectivity index (χ2n) is 8.76. The first kappa shape index (κ1) is 24.8. The molecule has 4 rings (SSSR count). The Labute approximate surface area is 209 Å². The van der Waals surface area contributed by atoms with E-state index in [4.69, 9.17) is 14.7 Å². The molecule has 1 aromatic carbocycles. The summed E-state index contributed by atoms with van der Waals surface area (Å²) in [6.45, 7) is 5.20. The van der Waals surface area contributed by atoms with E-state index >= 15 is 0 Å². The van der Waals surface area contributed by atoms with E-state index in [2.05, 4.69) is 44.7 Å².